The molecule has 2 aromatic rings. The molecule has 18 heavy (non-hydrogen) atoms. The van der Waals surface area contributed by atoms with Crippen molar-refractivity contribution >= 4 is 15.9 Å². The number of hydrogen-bond donors (Lipinski definition) is 1. The van der Waals surface area contributed by atoms with Gasteiger partial charge >= 0.3 is 0 Å². The van der Waals surface area contributed by atoms with Crippen LogP contribution in [0.1, 0.15) is 35.7 Å². The lowest BCUT2D eigenvalue weighted by Crippen LogP contribution is -2.11. The summed E-state index contributed by atoms with van der Waals surface area (Å²) in [6.45, 7) is 6.58. The van der Waals surface area contributed by atoms with Crippen molar-refractivity contribution in [3.63, 3.8) is 0 Å². The summed E-state index contributed by atoms with van der Waals surface area (Å²) < 4.78 is 4.40. The molecule has 0 radical (unpaired) electrons. The van der Waals surface area contributed by atoms with Crippen LogP contribution in [0.3, 0.4) is 0 Å². The lowest BCUT2D eigenvalue weighted by atomic mass is 10.0. The third-order valence-electron chi connectivity index (χ3n) is 3.23. The number of aryl methyl sites for hydroxylation is 3. The zero-order chi connectivity index (χ0) is 13.4. The average molecular weight is 313 g/mol. The molecular formula is C12H17BrN4O. The van der Waals surface area contributed by atoms with E-state index in [1.165, 1.54) is 0 Å². The van der Waals surface area contributed by atoms with Crippen molar-refractivity contribution in [2.75, 3.05) is 0 Å². The molecule has 2 rings (SSSR count). The van der Waals surface area contributed by atoms with Crippen LogP contribution in [-0.2, 0) is 13.6 Å². The summed E-state index contributed by atoms with van der Waals surface area (Å²) in [6, 6.07) is 0. The van der Waals surface area contributed by atoms with Crippen molar-refractivity contribution in [2.24, 2.45) is 7.05 Å². The third-order valence-corrected chi connectivity index (χ3v) is 3.84. The second kappa shape index (κ2) is 4.85. The minimum absolute atomic E-state index is 0.712. The van der Waals surface area contributed by atoms with Crippen molar-refractivity contribution in [1.82, 2.24) is 19.6 Å². The smallest absolute Gasteiger partial charge is 0.125 e. The van der Waals surface area contributed by atoms with Crippen LogP contribution in [0.4, 0.5) is 0 Å². The summed E-state index contributed by atoms with van der Waals surface area (Å²) in [5, 5.41) is 19.2. The molecule has 0 aliphatic carbocycles. The largest absolute Gasteiger partial charge is 0.382 e. The Morgan fingerprint density at radius 3 is 2.61 bits per heavy atom. The molecule has 6 heteroatoms. The van der Waals surface area contributed by atoms with E-state index in [4.69, 9.17) is 0 Å². The van der Waals surface area contributed by atoms with Gasteiger partial charge in [-0.1, -0.05) is 0 Å². The molecule has 0 saturated carbocycles. The van der Waals surface area contributed by atoms with Crippen molar-refractivity contribution in [3.05, 3.63) is 33.3 Å². The summed E-state index contributed by atoms with van der Waals surface area (Å²) in [7, 11) is 1.88. The molecule has 0 bridgehead atoms. The standard InChI is InChI=1S/C12H17BrN4O/c1-5-17-11(9(13)6-14-17)12(18)10-7(2)15-16(4)8(10)3/h6,12,18H,5H2,1-4H3. The average Bonchev–Trinajstić information content (AvgIpc) is 2.80. The highest BCUT2D eigenvalue weighted by atomic mass is 79.9. The SMILES string of the molecule is CCn1ncc(Br)c1C(O)c1c(C)nn(C)c1C. The highest BCUT2D eigenvalue weighted by molar-refractivity contribution is 9.10. The van der Waals surface area contributed by atoms with Crippen molar-refractivity contribution in [3.8, 4) is 0 Å². The van der Waals surface area contributed by atoms with Gasteiger partial charge in [-0.3, -0.25) is 9.36 Å². The molecule has 0 aliphatic heterocycles. The van der Waals surface area contributed by atoms with Crippen LogP contribution in [0.5, 0.6) is 0 Å². The van der Waals surface area contributed by atoms with Gasteiger partial charge in [-0.25, -0.2) is 0 Å². The normalized spacial score (nSPS) is 13.0. The minimum atomic E-state index is -0.712. The highest BCUT2D eigenvalue weighted by Crippen LogP contribution is 2.31. The lowest BCUT2D eigenvalue weighted by Gasteiger charge is -2.14. The number of hydrogen-bond acceptors (Lipinski definition) is 3. The summed E-state index contributed by atoms with van der Waals surface area (Å²) >= 11 is 3.44. The molecular weight excluding hydrogens is 296 g/mol. The number of nitrogens with zero attached hydrogens (tertiary/aromatic N) is 4. The number of rotatable bonds is 3. The van der Waals surface area contributed by atoms with Gasteiger partial charge in [-0.05, 0) is 36.7 Å². The maximum absolute atomic E-state index is 10.6. The molecule has 2 aromatic heterocycles. The molecule has 5 nitrogen and oxygen atoms in total. The molecule has 0 saturated heterocycles. The molecule has 0 aliphatic rings. The molecule has 1 unspecified atom stereocenters. The summed E-state index contributed by atoms with van der Waals surface area (Å²) in [4.78, 5) is 0. The Labute approximate surface area is 115 Å². The molecule has 0 amide bonds. The first kappa shape index (κ1) is 13.3. The predicted molar refractivity (Wildman–Crippen MR) is 72.3 cm³/mol. The van der Waals surface area contributed by atoms with Crippen LogP contribution in [0, 0.1) is 13.8 Å². The third kappa shape index (κ3) is 1.99. The van der Waals surface area contributed by atoms with Crippen molar-refractivity contribution < 1.29 is 5.11 Å². The first-order valence-electron chi connectivity index (χ1n) is 5.86. The van der Waals surface area contributed by atoms with Crippen molar-refractivity contribution in [2.45, 2.75) is 33.4 Å². The van der Waals surface area contributed by atoms with Crippen molar-refractivity contribution in [1.29, 1.82) is 0 Å². The van der Waals surface area contributed by atoms with E-state index in [0.29, 0.717) is 0 Å². The van der Waals surface area contributed by atoms with Gasteiger partial charge in [-0.15, -0.1) is 0 Å². The van der Waals surface area contributed by atoms with Crippen LogP contribution < -0.4 is 0 Å². The van der Waals surface area contributed by atoms with Gasteiger partial charge in [-0.2, -0.15) is 10.2 Å². The Kier molecular flexibility index (Phi) is 3.59. The van der Waals surface area contributed by atoms with E-state index in [9.17, 15) is 5.11 Å². The van der Waals surface area contributed by atoms with Gasteiger partial charge in [0.25, 0.3) is 0 Å². The Morgan fingerprint density at radius 1 is 1.44 bits per heavy atom. The predicted octanol–water partition coefficient (Wildman–Crippen LogP) is 2.10. The number of aromatic nitrogens is 4. The van der Waals surface area contributed by atoms with Crippen LogP contribution in [-0.4, -0.2) is 24.7 Å². The van der Waals surface area contributed by atoms with Gasteiger partial charge in [0.2, 0.25) is 0 Å². The highest BCUT2D eigenvalue weighted by Gasteiger charge is 2.24. The first-order chi connectivity index (χ1) is 8.47. The second-order valence-electron chi connectivity index (χ2n) is 4.30. The zero-order valence-corrected chi connectivity index (χ0v) is 12.6. The Morgan fingerprint density at radius 2 is 2.11 bits per heavy atom. The van der Waals surface area contributed by atoms with E-state index in [1.807, 2.05) is 27.8 Å². The molecule has 0 aromatic carbocycles. The van der Waals surface area contributed by atoms with Crippen LogP contribution in [0.15, 0.2) is 10.7 Å². The first-order valence-corrected chi connectivity index (χ1v) is 6.66. The summed E-state index contributed by atoms with van der Waals surface area (Å²) in [5.74, 6) is 0. The van der Waals surface area contributed by atoms with E-state index in [1.54, 1.807) is 15.6 Å². The maximum Gasteiger partial charge on any atom is 0.125 e. The molecule has 98 valence electrons. The Balaban J connectivity index is 2.54. The lowest BCUT2D eigenvalue weighted by molar-refractivity contribution is 0.205. The maximum atomic E-state index is 10.6. The molecule has 0 spiro atoms. The van der Waals surface area contributed by atoms with E-state index in [2.05, 4.69) is 26.1 Å². The minimum Gasteiger partial charge on any atom is -0.382 e. The van der Waals surface area contributed by atoms with E-state index >= 15 is 0 Å². The van der Waals surface area contributed by atoms with Gasteiger partial charge in [0.05, 0.1) is 22.1 Å². The van der Waals surface area contributed by atoms with Gasteiger partial charge in [0, 0.05) is 24.8 Å². The van der Waals surface area contributed by atoms with E-state index in [-0.39, 0.29) is 0 Å². The van der Waals surface area contributed by atoms with Crippen LogP contribution in [0.2, 0.25) is 0 Å². The topological polar surface area (TPSA) is 55.9 Å². The Bertz CT molecular complexity index is 573. The fourth-order valence-corrected chi connectivity index (χ4v) is 2.73. The van der Waals surface area contributed by atoms with Gasteiger partial charge < -0.3 is 5.11 Å². The van der Waals surface area contributed by atoms with Crippen LogP contribution in [0.25, 0.3) is 0 Å². The molecule has 1 N–H and O–H groups in total. The number of aliphatic hydroxyl groups is 1. The quantitative estimate of drug-likeness (QED) is 0.944. The molecule has 2 heterocycles. The van der Waals surface area contributed by atoms with Gasteiger partial charge in [0.1, 0.15) is 6.10 Å². The second-order valence-corrected chi connectivity index (χ2v) is 5.16. The van der Waals surface area contributed by atoms with E-state index in [0.717, 1.165) is 33.7 Å². The summed E-state index contributed by atoms with van der Waals surface area (Å²) in [6.07, 6.45) is 0.999. The molecule has 1 atom stereocenters. The monoisotopic (exact) mass is 312 g/mol. The zero-order valence-electron chi connectivity index (χ0n) is 11.0. The van der Waals surface area contributed by atoms with Crippen LogP contribution >= 0.6 is 15.9 Å². The Hall–Kier alpha value is -1.14. The number of aliphatic hydroxyl groups excluding tert-OH is 1. The summed E-state index contributed by atoms with van der Waals surface area (Å²) in [5.41, 5.74) is 3.44. The molecule has 0 fully saturated rings. The van der Waals surface area contributed by atoms with E-state index < -0.39 is 6.10 Å². The fourth-order valence-electron chi connectivity index (χ4n) is 2.22. The van der Waals surface area contributed by atoms with Gasteiger partial charge in [0.15, 0.2) is 0 Å². The number of halogens is 1. The fraction of sp³-hybridized carbons (Fsp3) is 0.500.